The minimum absolute atomic E-state index is 0.0248. The number of rotatable bonds is 25. The highest BCUT2D eigenvalue weighted by molar-refractivity contribution is 6.18. The highest BCUT2D eigenvalue weighted by Crippen LogP contribution is 2.20. The molecule has 2 aromatic heterocycles. The number of halogens is 2. The molecule has 6 heteroatoms. The molecule has 0 fully saturated rings. The lowest BCUT2D eigenvalue weighted by molar-refractivity contribution is -0.703. The van der Waals surface area contributed by atoms with Gasteiger partial charge >= 0.3 is 0 Å². The van der Waals surface area contributed by atoms with Crippen molar-refractivity contribution >= 4 is 34.6 Å². The first-order valence-electron chi connectivity index (χ1n) is 17.3. The summed E-state index contributed by atoms with van der Waals surface area (Å²) in [7, 11) is 0. The van der Waals surface area contributed by atoms with E-state index >= 15 is 0 Å². The van der Waals surface area contributed by atoms with Gasteiger partial charge in [-0.15, -0.1) is 0 Å². The second-order valence-electron chi connectivity index (χ2n) is 12.2. The molecule has 0 spiro atoms. The van der Waals surface area contributed by atoms with Crippen LogP contribution in [0.4, 0.5) is 11.4 Å². The Morgan fingerprint density at radius 1 is 0.524 bits per heavy atom. The molecule has 0 saturated heterocycles. The van der Waals surface area contributed by atoms with Crippen LogP contribution >= 0.6 is 23.2 Å². The maximum atomic E-state index is 6.71. The summed E-state index contributed by atoms with van der Waals surface area (Å²) in [6, 6.07) is 8.64. The van der Waals surface area contributed by atoms with E-state index in [0.29, 0.717) is 0 Å². The van der Waals surface area contributed by atoms with Crippen molar-refractivity contribution in [1.29, 1.82) is 0 Å². The lowest BCUT2D eigenvalue weighted by Gasteiger charge is -2.16. The Labute approximate surface area is 269 Å². The van der Waals surface area contributed by atoms with Crippen molar-refractivity contribution in [3.63, 3.8) is 0 Å². The zero-order valence-corrected chi connectivity index (χ0v) is 28.8. The van der Waals surface area contributed by atoms with Gasteiger partial charge in [0.15, 0.2) is 24.8 Å². The van der Waals surface area contributed by atoms with Gasteiger partial charge in [-0.1, -0.05) is 91.9 Å². The Kier molecular flexibility index (Phi) is 20.0. The summed E-state index contributed by atoms with van der Waals surface area (Å²) in [4.78, 5) is 0. The van der Waals surface area contributed by atoms with Crippen molar-refractivity contribution in [2.45, 2.75) is 141 Å². The molecule has 0 saturated carbocycles. The predicted molar refractivity (Wildman–Crippen MR) is 184 cm³/mol. The molecule has 2 rings (SSSR count). The fourth-order valence-electron chi connectivity index (χ4n) is 5.53. The molecule has 4 nitrogen and oxygen atoms in total. The van der Waals surface area contributed by atoms with Gasteiger partial charge in [0.1, 0.15) is 0 Å². The average molecular weight is 622 g/mol. The molecule has 0 aliphatic heterocycles. The monoisotopic (exact) mass is 620 g/mol. The van der Waals surface area contributed by atoms with Crippen molar-refractivity contribution in [1.82, 2.24) is 0 Å². The number of hydrogen-bond acceptors (Lipinski definition) is 2. The zero-order valence-electron chi connectivity index (χ0n) is 27.3. The van der Waals surface area contributed by atoms with Crippen molar-refractivity contribution in [3.8, 4) is 0 Å². The van der Waals surface area contributed by atoms with Crippen molar-refractivity contribution < 1.29 is 9.13 Å². The highest BCUT2D eigenvalue weighted by Gasteiger charge is 2.16. The molecule has 2 N–H and O–H groups in total. The van der Waals surface area contributed by atoms with Gasteiger partial charge in [-0.2, -0.15) is 9.13 Å². The van der Waals surface area contributed by atoms with Gasteiger partial charge in [-0.05, 0) is 60.7 Å². The number of aromatic nitrogens is 2. The molecule has 4 unspecified atom stereocenters. The van der Waals surface area contributed by atoms with Crippen LogP contribution in [0.3, 0.4) is 0 Å². The van der Waals surface area contributed by atoms with E-state index in [0.717, 1.165) is 37.8 Å². The third-order valence-electron chi connectivity index (χ3n) is 8.76. The highest BCUT2D eigenvalue weighted by atomic mass is 35.5. The van der Waals surface area contributed by atoms with Gasteiger partial charge in [0.25, 0.3) is 0 Å². The van der Waals surface area contributed by atoms with Crippen LogP contribution in [0.5, 0.6) is 0 Å². The van der Waals surface area contributed by atoms with Gasteiger partial charge < -0.3 is 10.6 Å². The summed E-state index contributed by atoms with van der Waals surface area (Å²) in [6.07, 6.45) is 28.2. The van der Waals surface area contributed by atoms with Crippen LogP contribution in [-0.2, 0) is 0 Å². The van der Waals surface area contributed by atoms with Crippen molar-refractivity contribution in [3.05, 3.63) is 49.1 Å². The van der Waals surface area contributed by atoms with Crippen LogP contribution in [0.25, 0.3) is 0 Å². The molecular weight excluding hydrogens is 559 g/mol. The van der Waals surface area contributed by atoms with Crippen LogP contribution in [0.2, 0.25) is 0 Å². The number of alkyl halides is 2. The minimum atomic E-state index is 0.0248. The summed E-state index contributed by atoms with van der Waals surface area (Å²) < 4.78 is 4.27. The Morgan fingerprint density at radius 3 is 1.21 bits per heavy atom. The maximum absolute atomic E-state index is 6.71. The molecule has 0 radical (unpaired) electrons. The summed E-state index contributed by atoms with van der Waals surface area (Å²) in [5.41, 5.74) is 2.43. The SMILES string of the molecule is CCCCC(CC)CNc1cc[n+](C(Cl)CCCCCCCCC(Cl)[n+]2ccc(NCC(CC)CCCC)cc2)cc1. The van der Waals surface area contributed by atoms with Gasteiger partial charge in [0.2, 0.25) is 11.0 Å². The van der Waals surface area contributed by atoms with E-state index in [1.807, 2.05) is 0 Å². The minimum Gasteiger partial charge on any atom is -0.384 e. The Balaban J connectivity index is 1.54. The molecule has 2 aromatic rings. The first-order chi connectivity index (χ1) is 20.5. The normalized spacial score (nSPS) is 14.3. The van der Waals surface area contributed by atoms with Crippen LogP contribution < -0.4 is 19.8 Å². The van der Waals surface area contributed by atoms with Gasteiger partial charge in [-0.25, -0.2) is 0 Å². The number of nitrogens with one attached hydrogen (secondary N) is 2. The van der Waals surface area contributed by atoms with E-state index in [1.165, 1.54) is 101 Å². The van der Waals surface area contributed by atoms with Gasteiger partial charge in [0.05, 0.1) is 0 Å². The lowest BCUT2D eigenvalue weighted by Crippen LogP contribution is -2.35. The summed E-state index contributed by atoms with van der Waals surface area (Å²) in [5, 5.41) is 7.22. The topological polar surface area (TPSA) is 31.8 Å². The summed E-state index contributed by atoms with van der Waals surface area (Å²) >= 11 is 13.4. The van der Waals surface area contributed by atoms with E-state index in [1.54, 1.807) is 0 Å². The molecular formula is C36H62Cl2N4+2. The fraction of sp³-hybridized carbons (Fsp3) is 0.722. The first kappa shape index (κ1) is 36.7. The lowest BCUT2D eigenvalue weighted by atomic mass is 9.99. The average Bonchev–Trinajstić information content (AvgIpc) is 3.02. The van der Waals surface area contributed by atoms with E-state index in [9.17, 15) is 0 Å². The number of unbranched alkanes of at least 4 members (excludes halogenated alkanes) is 7. The quantitative estimate of drug-likeness (QED) is 0.0657. The second kappa shape index (κ2) is 22.9. The molecule has 2 heterocycles. The van der Waals surface area contributed by atoms with E-state index in [4.69, 9.17) is 23.2 Å². The molecule has 0 aliphatic carbocycles. The zero-order chi connectivity index (χ0) is 30.4. The standard InChI is InChI=1S/C36H60Cl2N4/c1-5-9-17-31(7-3)29-39-33-21-25-41(26-22-33)35(37)19-15-13-11-12-14-16-20-36(38)42-27-23-34(24-28-42)40-30-32(8-4)18-10-6-2/h21-28,31-32,35-36H,5-20,29-30H2,1-4H3/p+2. The number of pyridine rings is 2. The van der Waals surface area contributed by atoms with Crippen molar-refractivity contribution in [2.24, 2.45) is 11.8 Å². The number of anilines is 2. The second-order valence-corrected chi connectivity index (χ2v) is 13.2. The molecule has 4 atom stereocenters. The molecule has 0 bridgehead atoms. The fourth-order valence-corrected chi connectivity index (χ4v) is 6.10. The Bertz CT molecular complexity index is 830. The molecule has 42 heavy (non-hydrogen) atoms. The number of hydrogen-bond donors (Lipinski definition) is 2. The first-order valence-corrected chi connectivity index (χ1v) is 18.1. The summed E-state index contributed by atoms with van der Waals surface area (Å²) in [5.74, 6) is 1.51. The molecule has 0 amide bonds. The van der Waals surface area contributed by atoms with Gasteiger partial charge in [-0.3, -0.25) is 0 Å². The smallest absolute Gasteiger partial charge is 0.232 e. The van der Waals surface area contributed by atoms with E-state index in [-0.39, 0.29) is 11.0 Å². The van der Waals surface area contributed by atoms with Crippen LogP contribution in [0, 0.1) is 11.8 Å². The largest absolute Gasteiger partial charge is 0.384 e. The molecule has 0 aliphatic rings. The molecule has 0 aromatic carbocycles. The van der Waals surface area contributed by atoms with Gasteiger partial charge in [0, 0.05) is 61.6 Å². The third-order valence-corrected chi connectivity index (χ3v) is 9.65. The van der Waals surface area contributed by atoms with Crippen LogP contribution in [0.1, 0.15) is 141 Å². The van der Waals surface area contributed by atoms with E-state index in [2.05, 4.69) is 96.5 Å². The predicted octanol–water partition coefficient (Wildman–Crippen LogP) is 10.8. The third kappa shape index (κ3) is 15.3. The summed E-state index contributed by atoms with van der Waals surface area (Å²) in [6.45, 7) is 11.2. The number of nitrogens with zero attached hydrogens (tertiary/aromatic N) is 2. The Hall–Kier alpha value is -1.52. The maximum Gasteiger partial charge on any atom is 0.232 e. The van der Waals surface area contributed by atoms with E-state index < -0.39 is 0 Å². The van der Waals surface area contributed by atoms with Crippen LogP contribution in [-0.4, -0.2) is 13.1 Å². The van der Waals surface area contributed by atoms with Crippen molar-refractivity contribution in [2.75, 3.05) is 23.7 Å². The van der Waals surface area contributed by atoms with Crippen LogP contribution in [0.15, 0.2) is 49.1 Å². The molecule has 238 valence electrons. The Morgan fingerprint density at radius 2 is 0.881 bits per heavy atom.